The lowest BCUT2D eigenvalue weighted by atomic mass is 10.3. The van der Waals surface area contributed by atoms with Gasteiger partial charge in [-0.25, -0.2) is 4.68 Å². The highest BCUT2D eigenvalue weighted by Crippen LogP contribution is 2.13. The van der Waals surface area contributed by atoms with Crippen molar-refractivity contribution in [3.63, 3.8) is 0 Å². The van der Waals surface area contributed by atoms with Crippen molar-refractivity contribution in [2.45, 2.75) is 4.90 Å². The minimum atomic E-state index is -4.23. The maximum absolute atomic E-state index is 12.5. The summed E-state index contributed by atoms with van der Waals surface area (Å²) >= 11 is 0. The molecule has 8 heteroatoms. The lowest BCUT2D eigenvalue weighted by molar-refractivity contribution is 0.483. The van der Waals surface area contributed by atoms with Crippen LogP contribution in [-0.4, -0.2) is 22.8 Å². The van der Waals surface area contributed by atoms with Crippen LogP contribution in [0.25, 0.3) is 18.5 Å². The lowest BCUT2D eigenvalue weighted by Crippen LogP contribution is -2.34. The Bertz CT molecular complexity index is 1160. The first-order valence-electron chi connectivity index (χ1n) is 7.26. The highest BCUT2D eigenvalue weighted by Gasteiger charge is 2.08. The predicted octanol–water partition coefficient (Wildman–Crippen LogP) is 0.673. The molecule has 1 aromatic heterocycles. The second-order valence-corrected chi connectivity index (χ2v) is 6.69. The summed E-state index contributed by atoms with van der Waals surface area (Å²) in [5.41, 5.74) is 0.978. The van der Waals surface area contributed by atoms with Crippen molar-refractivity contribution in [1.29, 1.82) is 0 Å². The van der Waals surface area contributed by atoms with E-state index in [1.165, 1.54) is 35.1 Å². The molecule has 0 radical (unpaired) electrons. The Kier molecular flexibility index (Phi) is 4.30. The number of hydrogen-bond donors (Lipinski definition) is 3. The zero-order valence-electron chi connectivity index (χ0n) is 13.0. The van der Waals surface area contributed by atoms with Crippen molar-refractivity contribution in [2.24, 2.45) is 0 Å². The summed E-state index contributed by atoms with van der Waals surface area (Å²) in [5, 5.41) is 6.61. The molecule has 0 amide bonds. The van der Waals surface area contributed by atoms with Gasteiger partial charge in [0.05, 0.1) is 21.2 Å². The number of benzene rings is 2. The van der Waals surface area contributed by atoms with E-state index >= 15 is 0 Å². The van der Waals surface area contributed by atoms with E-state index in [9.17, 15) is 13.2 Å². The first-order chi connectivity index (χ1) is 11.9. The summed E-state index contributed by atoms with van der Waals surface area (Å²) in [6.45, 7) is 3.83. The first kappa shape index (κ1) is 16.7. The summed E-state index contributed by atoms with van der Waals surface area (Å²) in [7, 11) is -4.23. The molecule has 0 aliphatic rings. The molecule has 0 fully saturated rings. The molecule has 0 aliphatic heterocycles. The van der Waals surface area contributed by atoms with Crippen LogP contribution < -0.4 is 21.4 Å². The number of aromatic nitrogens is 2. The normalized spacial score (nSPS) is 12.3. The second kappa shape index (κ2) is 6.42. The Morgan fingerprint density at radius 1 is 1.08 bits per heavy atom. The molecule has 1 heterocycles. The Labute approximate surface area is 143 Å². The Morgan fingerprint density at radius 2 is 1.72 bits per heavy atom. The summed E-state index contributed by atoms with van der Waals surface area (Å²) < 4.78 is 32.4. The molecule has 3 N–H and O–H groups in total. The van der Waals surface area contributed by atoms with Crippen molar-refractivity contribution in [3.8, 4) is 5.69 Å². The van der Waals surface area contributed by atoms with Crippen molar-refractivity contribution in [3.05, 3.63) is 75.5 Å². The van der Waals surface area contributed by atoms with E-state index in [0.29, 0.717) is 21.9 Å². The zero-order chi connectivity index (χ0) is 18.0. The van der Waals surface area contributed by atoms with Crippen LogP contribution in [0.2, 0.25) is 0 Å². The smallest absolute Gasteiger partial charge is 0.294 e. The number of H-pyrrole nitrogens is 1. The van der Waals surface area contributed by atoms with Crippen LogP contribution in [0.3, 0.4) is 0 Å². The summed E-state index contributed by atoms with van der Waals surface area (Å²) in [5.74, 6) is 0. The number of nitrogens with one attached hydrogen (secondary N) is 2. The number of para-hydroxylation sites is 1. The molecule has 0 aliphatic carbocycles. The van der Waals surface area contributed by atoms with Gasteiger partial charge in [0, 0.05) is 11.9 Å². The fourth-order valence-electron chi connectivity index (χ4n) is 2.28. The van der Waals surface area contributed by atoms with E-state index in [0.717, 1.165) is 0 Å². The van der Waals surface area contributed by atoms with Gasteiger partial charge in [0.2, 0.25) is 0 Å². The van der Waals surface area contributed by atoms with Crippen LogP contribution in [0.5, 0.6) is 0 Å². The molecule has 3 aromatic rings. The third-order valence-corrected chi connectivity index (χ3v) is 4.42. The first-order valence-corrected chi connectivity index (χ1v) is 8.70. The Balaban J connectivity index is 1.94. The van der Waals surface area contributed by atoms with Crippen molar-refractivity contribution < 1.29 is 13.0 Å². The highest BCUT2D eigenvalue weighted by molar-refractivity contribution is 7.85. The Morgan fingerprint density at radius 3 is 2.32 bits per heavy atom. The van der Waals surface area contributed by atoms with E-state index in [2.05, 4.69) is 17.0 Å². The molecule has 3 rings (SSSR count). The van der Waals surface area contributed by atoms with Crippen LogP contribution in [0.1, 0.15) is 0 Å². The number of nitrogens with zero attached hydrogens (tertiary/aromatic N) is 1. The third kappa shape index (κ3) is 3.54. The quantitative estimate of drug-likeness (QED) is 0.596. The van der Waals surface area contributed by atoms with Crippen molar-refractivity contribution in [1.82, 2.24) is 9.78 Å². The lowest BCUT2D eigenvalue weighted by Gasteiger charge is -2.01. The van der Waals surface area contributed by atoms with Gasteiger partial charge in [-0.15, -0.1) is 0 Å². The molecule has 0 saturated carbocycles. The largest absolute Gasteiger partial charge is 0.361 e. The molecule has 128 valence electrons. The zero-order valence-corrected chi connectivity index (χ0v) is 13.8. The average molecular weight is 357 g/mol. The maximum atomic E-state index is 12.5. The van der Waals surface area contributed by atoms with Crippen LogP contribution >= 0.6 is 0 Å². The summed E-state index contributed by atoms with van der Waals surface area (Å²) in [6, 6.07) is 14.6. The second-order valence-electron chi connectivity index (χ2n) is 5.27. The monoisotopic (exact) mass is 357 g/mol. The van der Waals surface area contributed by atoms with Gasteiger partial charge in [0.1, 0.15) is 0 Å². The van der Waals surface area contributed by atoms with E-state index < -0.39 is 10.1 Å². The van der Waals surface area contributed by atoms with Gasteiger partial charge in [-0.3, -0.25) is 14.4 Å². The maximum Gasteiger partial charge on any atom is 0.294 e. The molecule has 0 saturated heterocycles. The minimum Gasteiger partial charge on any atom is -0.361 e. The molecule has 25 heavy (non-hydrogen) atoms. The predicted molar refractivity (Wildman–Crippen MR) is 95.5 cm³/mol. The van der Waals surface area contributed by atoms with Gasteiger partial charge in [-0.1, -0.05) is 24.8 Å². The number of rotatable bonds is 4. The summed E-state index contributed by atoms with van der Waals surface area (Å²) in [6.07, 6.45) is 1.49. The molecule has 0 atom stereocenters. The van der Waals surface area contributed by atoms with Crippen LogP contribution in [0, 0.1) is 0 Å². The number of aromatic amines is 1. The molecular formula is C17H15N3O4S. The van der Waals surface area contributed by atoms with Gasteiger partial charge >= 0.3 is 0 Å². The van der Waals surface area contributed by atoms with Gasteiger partial charge in [-0.2, -0.15) is 8.42 Å². The van der Waals surface area contributed by atoms with Gasteiger partial charge in [0.25, 0.3) is 15.7 Å². The van der Waals surface area contributed by atoms with Crippen molar-refractivity contribution >= 4 is 28.6 Å². The third-order valence-electron chi connectivity index (χ3n) is 3.56. The van der Waals surface area contributed by atoms with Crippen LogP contribution in [-0.2, 0) is 10.1 Å². The van der Waals surface area contributed by atoms with Gasteiger partial charge in [0.15, 0.2) is 0 Å². The number of anilines is 1. The SMILES string of the molecule is C=c1[nH]n(-c2ccccc2)c(=O)/c1=C\Nc1ccc(S(=O)(=O)O)cc1. The van der Waals surface area contributed by atoms with Gasteiger partial charge in [-0.05, 0) is 36.4 Å². The fraction of sp³-hybridized carbons (Fsp3) is 0. The molecule has 2 aromatic carbocycles. The molecule has 0 spiro atoms. The minimum absolute atomic E-state index is 0.205. The molecule has 0 bridgehead atoms. The number of hydrogen-bond acceptors (Lipinski definition) is 4. The van der Waals surface area contributed by atoms with E-state index in [4.69, 9.17) is 4.55 Å². The van der Waals surface area contributed by atoms with E-state index in [-0.39, 0.29) is 10.5 Å². The highest BCUT2D eigenvalue weighted by atomic mass is 32.2. The molecule has 7 nitrogen and oxygen atoms in total. The van der Waals surface area contributed by atoms with Gasteiger partial charge < -0.3 is 5.32 Å². The molecular weight excluding hydrogens is 342 g/mol. The topological polar surface area (TPSA) is 104 Å². The summed E-state index contributed by atoms with van der Waals surface area (Å²) in [4.78, 5) is 12.3. The van der Waals surface area contributed by atoms with E-state index in [1.807, 2.05) is 18.2 Å². The van der Waals surface area contributed by atoms with Crippen molar-refractivity contribution in [2.75, 3.05) is 5.32 Å². The average Bonchev–Trinajstić information content (AvgIpc) is 2.88. The molecule has 0 unspecified atom stereocenters. The van der Waals surface area contributed by atoms with Crippen LogP contribution in [0.15, 0.2) is 64.3 Å². The Hall–Kier alpha value is -3.10. The fourth-order valence-corrected chi connectivity index (χ4v) is 2.76. The standard InChI is InChI=1S/C17H15N3O4S/c1-12-16(17(21)20(19-12)14-5-3-2-4-6-14)11-18-13-7-9-15(10-8-13)25(22,23)24/h2-11,18-19H,1H2,(H,22,23,24)/b16-11-. The van der Waals surface area contributed by atoms with E-state index in [1.54, 1.807) is 12.1 Å². The van der Waals surface area contributed by atoms with Crippen LogP contribution in [0.4, 0.5) is 5.69 Å².